The van der Waals surface area contributed by atoms with Crippen LogP contribution in [0.15, 0.2) is 30.3 Å². The Morgan fingerprint density at radius 2 is 1.48 bits per heavy atom. The number of hydrogen-bond donors (Lipinski definition) is 0. The summed E-state index contributed by atoms with van der Waals surface area (Å²) in [6.07, 6.45) is 13.8. The molecular formula is C21H34O2. The molecule has 2 heteroatoms. The molecule has 0 saturated heterocycles. The van der Waals surface area contributed by atoms with Gasteiger partial charge in [-0.25, -0.2) is 0 Å². The summed E-state index contributed by atoms with van der Waals surface area (Å²) in [5, 5.41) is 0. The Balaban J connectivity index is 1.85. The van der Waals surface area contributed by atoms with Crippen LogP contribution in [0.25, 0.3) is 0 Å². The first-order chi connectivity index (χ1) is 11.3. The highest BCUT2D eigenvalue weighted by Crippen LogP contribution is 2.09. The van der Waals surface area contributed by atoms with Crippen molar-refractivity contribution in [2.75, 3.05) is 6.61 Å². The summed E-state index contributed by atoms with van der Waals surface area (Å²) in [5.41, 5.74) is 1.35. The number of unbranched alkanes of at least 4 members (excludes halogenated alkanes) is 8. The highest BCUT2D eigenvalue weighted by atomic mass is 16.5. The molecule has 0 N–H and O–H groups in total. The zero-order valence-corrected chi connectivity index (χ0v) is 14.9. The number of aryl methyl sites for hydroxylation is 1. The third-order valence-corrected chi connectivity index (χ3v) is 4.20. The van der Waals surface area contributed by atoms with Crippen LogP contribution in [0.1, 0.15) is 83.1 Å². The van der Waals surface area contributed by atoms with Crippen LogP contribution in [0.2, 0.25) is 0 Å². The number of hydrogen-bond acceptors (Lipinski definition) is 2. The van der Waals surface area contributed by atoms with Crippen molar-refractivity contribution in [3.63, 3.8) is 0 Å². The Bertz CT molecular complexity index is 386. The van der Waals surface area contributed by atoms with Crippen LogP contribution in [0.4, 0.5) is 0 Å². The molecule has 0 fully saturated rings. The molecule has 1 aromatic carbocycles. The Labute approximate surface area is 142 Å². The van der Waals surface area contributed by atoms with Crippen molar-refractivity contribution in [1.29, 1.82) is 0 Å². The van der Waals surface area contributed by atoms with E-state index in [0.717, 1.165) is 25.7 Å². The fraction of sp³-hybridized carbons (Fsp3) is 0.667. The van der Waals surface area contributed by atoms with Crippen molar-refractivity contribution in [2.45, 2.75) is 84.0 Å². The number of rotatable bonds is 14. The smallest absolute Gasteiger partial charge is 0.305 e. The summed E-state index contributed by atoms with van der Waals surface area (Å²) in [5.74, 6) is -0.0268. The van der Waals surface area contributed by atoms with Gasteiger partial charge in [-0.2, -0.15) is 0 Å². The summed E-state index contributed by atoms with van der Waals surface area (Å²) in [4.78, 5) is 11.6. The van der Waals surface area contributed by atoms with Gasteiger partial charge in [0, 0.05) is 6.42 Å². The van der Waals surface area contributed by atoms with Crippen LogP contribution in [0, 0.1) is 0 Å². The molecule has 0 aliphatic rings. The second-order valence-electron chi connectivity index (χ2n) is 6.39. The topological polar surface area (TPSA) is 26.3 Å². The van der Waals surface area contributed by atoms with Crippen LogP contribution in [0.3, 0.4) is 0 Å². The molecule has 130 valence electrons. The van der Waals surface area contributed by atoms with Crippen molar-refractivity contribution < 1.29 is 9.53 Å². The highest BCUT2D eigenvalue weighted by molar-refractivity contribution is 5.69. The average molecular weight is 319 g/mol. The van der Waals surface area contributed by atoms with Crippen molar-refractivity contribution in [2.24, 2.45) is 0 Å². The predicted octanol–water partition coefficient (Wildman–Crippen LogP) is 6.08. The Morgan fingerprint density at radius 3 is 2.17 bits per heavy atom. The number of carbonyl (C=O) groups excluding carboxylic acids is 1. The molecule has 0 radical (unpaired) electrons. The number of esters is 1. The standard InChI is InChI=1S/C21H34O2/c1-2-3-4-5-6-7-8-14-19-23-21(22)18-13-12-17-20-15-10-9-11-16-20/h9-11,15-16H,2-8,12-14,17-19H2,1H3. The molecular weight excluding hydrogens is 284 g/mol. The Morgan fingerprint density at radius 1 is 0.826 bits per heavy atom. The molecule has 0 saturated carbocycles. The Kier molecular flexibility index (Phi) is 12.3. The maximum absolute atomic E-state index is 11.6. The molecule has 1 aromatic rings. The van der Waals surface area contributed by atoms with Gasteiger partial charge in [0.1, 0.15) is 0 Å². The lowest BCUT2D eigenvalue weighted by Crippen LogP contribution is -2.05. The van der Waals surface area contributed by atoms with Crippen LogP contribution < -0.4 is 0 Å². The second-order valence-corrected chi connectivity index (χ2v) is 6.39. The zero-order valence-electron chi connectivity index (χ0n) is 14.9. The fourth-order valence-corrected chi connectivity index (χ4v) is 2.74. The third kappa shape index (κ3) is 11.9. The van der Waals surface area contributed by atoms with E-state index in [0.29, 0.717) is 13.0 Å². The zero-order chi connectivity index (χ0) is 16.6. The Hall–Kier alpha value is -1.31. The van der Waals surface area contributed by atoms with Gasteiger partial charge in [-0.1, -0.05) is 82.2 Å². The molecule has 2 nitrogen and oxygen atoms in total. The summed E-state index contributed by atoms with van der Waals surface area (Å²) in [7, 11) is 0. The molecule has 0 atom stereocenters. The quantitative estimate of drug-likeness (QED) is 0.307. The molecule has 0 unspecified atom stereocenters. The second kappa shape index (κ2) is 14.3. The summed E-state index contributed by atoms with van der Waals surface area (Å²) >= 11 is 0. The number of carbonyl (C=O) groups is 1. The van der Waals surface area contributed by atoms with Crippen molar-refractivity contribution in [3.8, 4) is 0 Å². The minimum Gasteiger partial charge on any atom is -0.466 e. The van der Waals surface area contributed by atoms with E-state index in [1.807, 2.05) is 6.07 Å². The lowest BCUT2D eigenvalue weighted by Gasteiger charge is -2.05. The summed E-state index contributed by atoms with van der Waals surface area (Å²) in [6, 6.07) is 10.4. The first kappa shape index (κ1) is 19.7. The van der Waals surface area contributed by atoms with Gasteiger partial charge in [-0.3, -0.25) is 4.79 Å². The molecule has 0 aromatic heterocycles. The van der Waals surface area contributed by atoms with E-state index in [2.05, 4.69) is 31.2 Å². The fourth-order valence-electron chi connectivity index (χ4n) is 2.74. The van der Waals surface area contributed by atoms with Crippen LogP contribution in [-0.2, 0) is 16.0 Å². The van der Waals surface area contributed by atoms with Gasteiger partial charge in [-0.05, 0) is 31.2 Å². The van der Waals surface area contributed by atoms with Gasteiger partial charge < -0.3 is 4.74 Å². The van der Waals surface area contributed by atoms with E-state index in [4.69, 9.17) is 4.74 Å². The minimum absolute atomic E-state index is 0.0268. The number of ether oxygens (including phenoxy) is 1. The molecule has 23 heavy (non-hydrogen) atoms. The van der Waals surface area contributed by atoms with Gasteiger partial charge in [0.05, 0.1) is 6.61 Å². The first-order valence-electron chi connectivity index (χ1n) is 9.52. The molecule has 0 heterocycles. The van der Waals surface area contributed by atoms with E-state index in [1.165, 1.54) is 50.5 Å². The molecule has 1 rings (SSSR count). The largest absolute Gasteiger partial charge is 0.466 e. The minimum atomic E-state index is -0.0268. The normalized spacial score (nSPS) is 10.7. The van der Waals surface area contributed by atoms with E-state index in [1.54, 1.807) is 0 Å². The SMILES string of the molecule is CCCCCCCCCCOC(=O)CCCCc1ccccc1. The van der Waals surface area contributed by atoms with Crippen LogP contribution >= 0.6 is 0 Å². The van der Waals surface area contributed by atoms with E-state index >= 15 is 0 Å². The molecule has 0 spiro atoms. The molecule has 0 bridgehead atoms. The van der Waals surface area contributed by atoms with Crippen LogP contribution in [0.5, 0.6) is 0 Å². The van der Waals surface area contributed by atoms with Gasteiger partial charge in [0.15, 0.2) is 0 Å². The summed E-state index contributed by atoms with van der Waals surface area (Å²) in [6.45, 7) is 2.85. The van der Waals surface area contributed by atoms with Gasteiger partial charge in [0.25, 0.3) is 0 Å². The van der Waals surface area contributed by atoms with E-state index < -0.39 is 0 Å². The first-order valence-corrected chi connectivity index (χ1v) is 9.52. The molecule has 0 amide bonds. The van der Waals surface area contributed by atoms with Gasteiger partial charge in [0.2, 0.25) is 0 Å². The van der Waals surface area contributed by atoms with Crippen molar-refractivity contribution in [3.05, 3.63) is 35.9 Å². The predicted molar refractivity (Wildman–Crippen MR) is 97.6 cm³/mol. The average Bonchev–Trinajstić information content (AvgIpc) is 2.58. The molecule has 0 aliphatic carbocycles. The third-order valence-electron chi connectivity index (χ3n) is 4.20. The van der Waals surface area contributed by atoms with Crippen molar-refractivity contribution in [1.82, 2.24) is 0 Å². The number of benzene rings is 1. The maximum Gasteiger partial charge on any atom is 0.305 e. The van der Waals surface area contributed by atoms with E-state index in [9.17, 15) is 4.79 Å². The maximum atomic E-state index is 11.6. The monoisotopic (exact) mass is 318 g/mol. The van der Waals surface area contributed by atoms with Crippen molar-refractivity contribution >= 4 is 5.97 Å². The highest BCUT2D eigenvalue weighted by Gasteiger charge is 2.02. The van der Waals surface area contributed by atoms with Gasteiger partial charge in [-0.15, -0.1) is 0 Å². The molecule has 0 aliphatic heterocycles. The lowest BCUT2D eigenvalue weighted by molar-refractivity contribution is -0.143. The van der Waals surface area contributed by atoms with Crippen LogP contribution in [-0.4, -0.2) is 12.6 Å². The lowest BCUT2D eigenvalue weighted by atomic mass is 10.1. The summed E-state index contributed by atoms with van der Waals surface area (Å²) < 4.78 is 5.30. The van der Waals surface area contributed by atoms with Gasteiger partial charge >= 0.3 is 5.97 Å². The van der Waals surface area contributed by atoms with E-state index in [-0.39, 0.29) is 5.97 Å².